The van der Waals surface area contributed by atoms with E-state index in [1.807, 2.05) is 0 Å². The van der Waals surface area contributed by atoms with Crippen LogP contribution in [-0.4, -0.2) is 47.5 Å². The van der Waals surface area contributed by atoms with Crippen LogP contribution in [-0.2, 0) is 9.59 Å². The first-order valence-electron chi connectivity index (χ1n) is 6.68. The summed E-state index contributed by atoms with van der Waals surface area (Å²) in [4.78, 5) is 36.2. The van der Waals surface area contributed by atoms with Gasteiger partial charge in [0, 0.05) is 26.1 Å². The van der Waals surface area contributed by atoms with Crippen molar-refractivity contribution in [1.82, 2.24) is 15.5 Å². The van der Waals surface area contributed by atoms with Gasteiger partial charge in [-0.1, -0.05) is 30.3 Å². The zero-order valence-corrected chi connectivity index (χ0v) is 11.4. The third-order valence-electron chi connectivity index (χ3n) is 3.25. The van der Waals surface area contributed by atoms with Crippen molar-refractivity contribution >= 4 is 17.9 Å². The fourth-order valence-electron chi connectivity index (χ4n) is 2.12. The molecule has 0 aliphatic carbocycles. The lowest BCUT2D eigenvalue weighted by Gasteiger charge is -2.23. The molecule has 0 aromatic heterocycles. The van der Waals surface area contributed by atoms with Crippen LogP contribution in [0.1, 0.15) is 18.0 Å². The number of benzene rings is 1. The predicted molar refractivity (Wildman–Crippen MR) is 74.6 cm³/mol. The van der Waals surface area contributed by atoms with Crippen molar-refractivity contribution in [3.8, 4) is 0 Å². The summed E-state index contributed by atoms with van der Waals surface area (Å²) in [7, 11) is 0. The SMILES string of the molecule is O=C1CCN(C(=O)NC(C(=O)O)c2ccccc2)CCN1. The summed E-state index contributed by atoms with van der Waals surface area (Å²) in [5.41, 5.74) is 0.502. The molecule has 1 aliphatic heterocycles. The van der Waals surface area contributed by atoms with Gasteiger partial charge in [-0.05, 0) is 5.56 Å². The molecule has 1 aliphatic rings. The number of carbonyl (C=O) groups is 3. The second-order valence-corrected chi connectivity index (χ2v) is 4.72. The standard InChI is InChI=1S/C14H17N3O4/c18-11-6-8-17(9-7-15-11)14(21)16-12(13(19)20)10-4-2-1-3-5-10/h1-5,12H,6-9H2,(H,15,18)(H,16,21)(H,19,20). The first kappa shape index (κ1) is 14.8. The number of carboxylic acids is 1. The van der Waals surface area contributed by atoms with E-state index in [2.05, 4.69) is 10.6 Å². The van der Waals surface area contributed by atoms with Crippen molar-refractivity contribution < 1.29 is 19.5 Å². The van der Waals surface area contributed by atoms with Gasteiger partial charge >= 0.3 is 12.0 Å². The lowest BCUT2D eigenvalue weighted by molar-refractivity contribution is -0.139. The molecule has 0 saturated carbocycles. The molecule has 1 heterocycles. The lowest BCUT2D eigenvalue weighted by Crippen LogP contribution is -2.45. The van der Waals surface area contributed by atoms with Crippen LogP contribution in [0.15, 0.2) is 30.3 Å². The molecule has 7 heteroatoms. The fraction of sp³-hybridized carbons (Fsp3) is 0.357. The quantitative estimate of drug-likeness (QED) is 0.748. The number of amides is 3. The number of hydrogen-bond acceptors (Lipinski definition) is 3. The highest BCUT2D eigenvalue weighted by Crippen LogP contribution is 2.13. The number of rotatable bonds is 3. The number of nitrogens with one attached hydrogen (secondary N) is 2. The molecule has 1 aromatic carbocycles. The lowest BCUT2D eigenvalue weighted by atomic mass is 10.1. The van der Waals surface area contributed by atoms with Crippen molar-refractivity contribution in [3.63, 3.8) is 0 Å². The zero-order chi connectivity index (χ0) is 15.2. The highest BCUT2D eigenvalue weighted by atomic mass is 16.4. The Balaban J connectivity index is 2.05. The summed E-state index contributed by atoms with van der Waals surface area (Å²) in [6.45, 7) is 1.01. The Morgan fingerprint density at radius 1 is 1.24 bits per heavy atom. The number of nitrogens with zero attached hydrogens (tertiary/aromatic N) is 1. The molecule has 3 N–H and O–H groups in total. The fourth-order valence-corrected chi connectivity index (χ4v) is 2.12. The molecule has 0 bridgehead atoms. The summed E-state index contributed by atoms with van der Waals surface area (Å²) in [5.74, 6) is -1.23. The summed E-state index contributed by atoms with van der Waals surface area (Å²) < 4.78 is 0. The maximum absolute atomic E-state index is 12.2. The van der Waals surface area contributed by atoms with Crippen LogP contribution in [0, 0.1) is 0 Å². The van der Waals surface area contributed by atoms with Crippen LogP contribution in [0.3, 0.4) is 0 Å². The Kier molecular flexibility index (Phi) is 4.76. The third-order valence-corrected chi connectivity index (χ3v) is 3.25. The van der Waals surface area contributed by atoms with E-state index in [4.69, 9.17) is 0 Å². The molecule has 0 spiro atoms. The highest BCUT2D eigenvalue weighted by Gasteiger charge is 2.25. The van der Waals surface area contributed by atoms with Crippen LogP contribution < -0.4 is 10.6 Å². The second kappa shape index (κ2) is 6.74. The van der Waals surface area contributed by atoms with Gasteiger partial charge in [0.1, 0.15) is 0 Å². The first-order chi connectivity index (χ1) is 10.1. The average molecular weight is 291 g/mol. The molecular weight excluding hydrogens is 274 g/mol. The average Bonchev–Trinajstić information content (AvgIpc) is 2.70. The molecule has 112 valence electrons. The van der Waals surface area contributed by atoms with Crippen molar-refractivity contribution in [2.24, 2.45) is 0 Å². The van der Waals surface area contributed by atoms with Crippen molar-refractivity contribution in [2.45, 2.75) is 12.5 Å². The van der Waals surface area contributed by atoms with E-state index >= 15 is 0 Å². The number of carboxylic acid groups (broad SMARTS) is 1. The van der Waals surface area contributed by atoms with E-state index < -0.39 is 18.0 Å². The summed E-state index contributed by atoms with van der Waals surface area (Å²) in [5, 5.41) is 14.4. The monoisotopic (exact) mass is 291 g/mol. The Hall–Kier alpha value is -2.57. The predicted octanol–water partition coefficient (Wildman–Crippen LogP) is 0.344. The van der Waals surface area contributed by atoms with Gasteiger partial charge < -0.3 is 20.6 Å². The van der Waals surface area contributed by atoms with E-state index in [1.165, 1.54) is 4.90 Å². The summed E-state index contributed by atoms with van der Waals surface area (Å²) >= 11 is 0. The van der Waals surface area contributed by atoms with Gasteiger partial charge in [-0.3, -0.25) is 4.79 Å². The third kappa shape index (κ3) is 3.95. The minimum atomic E-state index is -1.13. The maximum atomic E-state index is 12.2. The van der Waals surface area contributed by atoms with E-state index in [0.29, 0.717) is 18.7 Å². The van der Waals surface area contributed by atoms with E-state index in [0.717, 1.165) is 0 Å². The molecule has 1 saturated heterocycles. The molecule has 7 nitrogen and oxygen atoms in total. The van der Waals surface area contributed by atoms with Crippen molar-refractivity contribution in [1.29, 1.82) is 0 Å². The molecular formula is C14H17N3O4. The second-order valence-electron chi connectivity index (χ2n) is 4.72. The number of urea groups is 1. The molecule has 1 unspecified atom stereocenters. The van der Waals surface area contributed by atoms with Crippen LogP contribution in [0.2, 0.25) is 0 Å². The van der Waals surface area contributed by atoms with E-state index in [1.54, 1.807) is 30.3 Å². The van der Waals surface area contributed by atoms with Gasteiger partial charge in [0.05, 0.1) is 0 Å². The Bertz CT molecular complexity index is 532. The van der Waals surface area contributed by atoms with Crippen LogP contribution in [0.4, 0.5) is 4.79 Å². The number of aliphatic carboxylic acids is 1. The first-order valence-corrected chi connectivity index (χ1v) is 6.68. The minimum absolute atomic E-state index is 0.108. The van der Waals surface area contributed by atoms with Gasteiger partial charge in [-0.2, -0.15) is 0 Å². The Morgan fingerprint density at radius 2 is 1.95 bits per heavy atom. The molecule has 1 aromatic rings. The summed E-state index contributed by atoms with van der Waals surface area (Å²) in [6.07, 6.45) is 0.219. The molecule has 2 rings (SSSR count). The largest absolute Gasteiger partial charge is 0.479 e. The molecule has 1 atom stereocenters. The molecule has 21 heavy (non-hydrogen) atoms. The topological polar surface area (TPSA) is 98.7 Å². The van der Waals surface area contributed by atoms with Crippen LogP contribution in [0.5, 0.6) is 0 Å². The summed E-state index contributed by atoms with van der Waals surface area (Å²) in [6, 6.07) is 6.90. The normalized spacial score (nSPS) is 16.6. The van der Waals surface area contributed by atoms with Gasteiger partial charge in [0.15, 0.2) is 6.04 Å². The van der Waals surface area contributed by atoms with E-state index in [9.17, 15) is 19.5 Å². The van der Waals surface area contributed by atoms with Gasteiger partial charge in [-0.25, -0.2) is 9.59 Å². The Morgan fingerprint density at radius 3 is 2.62 bits per heavy atom. The van der Waals surface area contributed by atoms with Crippen molar-refractivity contribution in [3.05, 3.63) is 35.9 Å². The number of carbonyl (C=O) groups excluding carboxylic acids is 2. The van der Waals surface area contributed by atoms with Crippen LogP contribution in [0.25, 0.3) is 0 Å². The molecule has 1 fully saturated rings. The molecule has 0 radical (unpaired) electrons. The van der Waals surface area contributed by atoms with Gasteiger partial charge in [-0.15, -0.1) is 0 Å². The maximum Gasteiger partial charge on any atom is 0.330 e. The molecule has 3 amide bonds. The Labute approximate surface area is 121 Å². The smallest absolute Gasteiger partial charge is 0.330 e. The highest BCUT2D eigenvalue weighted by molar-refractivity contribution is 5.84. The van der Waals surface area contributed by atoms with Crippen LogP contribution >= 0.6 is 0 Å². The van der Waals surface area contributed by atoms with Gasteiger partial charge in [0.2, 0.25) is 5.91 Å². The van der Waals surface area contributed by atoms with Crippen molar-refractivity contribution in [2.75, 3.05) is 19.6 Å². The van der Waals surface area contributed by atoms with Gasteiger partial charge in [0.25, 0.3) is 0 Å². The van der Waals surface area contributed by atoms with E-state index in [-0.39, 0.29) is 18.9 Å². The zero-order valence-electron chi connectivity index (χ0n) is 11.4. The minimum Gasteiger partial charge on any atom is -0.479 e. The number of hydrogen-bond donors (Lipinski definition) is 3.